The number of amides is 2. The number of hydrogen-bond acceptors (Lipinski definition) is 4. The molecular weight excluding hydrogens is 597 g/mol. The summed E-state index contributed by atoms with van der Waals surface area (Å²) in [7, 11) is 0. The number of nitrogens with zero attached hydrogens (tertiary/aromatic N) is 1. The van der Waals surface area contributed by atoms with Crippen molar-refractivity contribution in [3.63, 3.8) is 0 Å². The summed E-state index contributed by atoms with van der Waals surface area (Å²) in [5, 5.41) is 17.7. The maximum Gasteiger partial charge on any atom is 0.335 e. The van der Waals surface area contributed by atoms with Gasteiger partial charge in [0.1, 0.15) is 0 Å². The lowest BCUT2D eigenvalue weighted by atomic mass is 9.65. The number of benzene rings is 3. The molecule has 7 nitrogen and oxygen atoms in total. The predicted octanol–water partition coefficient (Wildman–Crippen LogP) is 6.39. The smallest absolute Gasteiger partial charge is 0.335 e. The first-order valence-electron chi connectivity index (χ1n) is 15.4. The lowest BCUT2D eigenvalue weighted by Crippen LogP contribution is -2.60. The van der Waals surface area contributed by atoms with Gasteiger partial charge in [-0.25, -0.2) is 4.79 Å². The van der Waals surface area contributed by atoms with E-state index in [1.165, 1.54) is 23.3 Å². The standard InChI is InChI=1S/C35H37Cl2N3O4/c36-26-10-5-21(6-11-26)33(22-7-12-27(37)13-8-22)25-9-14-30-29(19-25)31(20-32(41)39-30)38-28-15-17-40(18-16-28)34(42)23-1-3-24(4-2-23)35(43)44/h1-8,10-13,25,28-31,33,38H,9,14-20H2,(H,39,41)(H,43,44). The highest BCUT2D eigenvalue weighted by molar-refractivity contribution is 6.30. The molecule has 44 heavy (non-hydrogen) atoms. The van der Waals surface area contributed by atoms with E-state index in [9.17, 15) is 14.4 Å². The molecule has 3 aliphatic rings. The van der Waals surface area contributed by atoms with Crippen LogP contribution in [0.5, 0.6) is 0 Å². The van der Waals surface area contributed by atoms with Gasteiger partial charge in [-0.3, -0.25) is 9.59 Å². The monoisotopic (exact) mass is 633 g/mol. The third kappa shape index (κ3) is 6.80. The SMILES string of the molecule is O=C1CC(NC2CCN(C(=O)c3ccc(C(=O)O)cc3)CC2)C2CC(C(c3ccc(Cl)cc3)c3ccc(Cl)cc3)CCC2N1. The first kappa shape index (κ1) is 30.6. The van der Waals surface area contributed by atoms with Crippen LogP contribution >= 0.6 is 23.2 Å². The zero-order valence-electron chi connectivity index (χ0n) is 24.4. The van der Waals surface area contributed by atoms with Crippen LogP contribution in [0.2, 0.25) is 10.0 Å². The van der Waals surface area contributed by atoms with Crippen molar-refractivity contribution < 1.29 is 19.5 Å². The van der Waals surface area contributed by atoms with Crippen LogP contribution in [-0.2, 0) is 4.79 Å². The molecule has 6 rings (SSSR count). The Morgan fingerprint density at radius 1 is 0.818 bits per heavy atom. The molecule has 1 aliphatic carbocycles. The zero-order valence-corrected chi connectivity index (χ0v) is 25.9. The van der Waals surface area contributed by atoms with Crippen LogP contribution in [0.15, 0.2) is 72.8 Å². The van der Waals surface area contributed by atoms with Crippen LogP contribution in [0.1, 0.15) is 76.3 Å². The second-order valence-corrected chi connectivity index (χ2v) is 13.3. The molecule has 2 amide bonds. The fraction of sp³-hybridized carbons (Fsp3) is 0.400. The van der Waals surface area contributed by atoms with E-state index in [0.717, 1.165) is 42.1 Å². The summed E-state index contributed by atoms with van der Waals surface area (Å²) < 4.78 is 0. The maximum atomic E-state index is 13.1. The Labute approximate surface area is 267 Å². The van der Waals surface area contributed by atoms with Gasteiger partial charge >= 0.3 is 5.97 Å². The molecule has 2 saturated heterocycles. The molecule has 9 heteroatoms. The summed E-state index contributed by atoms with van der Waals surface area (Å²) in [6.07, 6.45) is 4.99. The predicted molar refractivity (Wildman–Crippen MR) is 171 cm³/mol. The number of carboxylic acids is 1. The van der Waals surface area contributed by atoms with Crippen molar-refractivity contribution in [2.75, 3.05) is 13.1 Å². The quantitative estimate of drug-likeness (QED) is 0.280. The number of rotatable bonds is 7. The van der Waals surface area contributed by atoms with Crippen molar-refractivity contribution in [1.82, 2.24) is 15.5 Å². The molecule has 230 valence electrons. The van der Waals surface area contributed by atoms with E-state index in [-0.39, 0.29) is 41.4 Å². The van der Waals surface area contributed by atoms with Crippen LogP contribution in [0.3, 0.4) is 0 Å². The van der Waals surface area contributed by atoms with Gasteiger partial charge in [0.2, 0.25) is 5.91 Å². The Morgan fingerprint density at radius 3 is 1.95 bits per heavy atom. The first-order chi connectivity index (χ1) is 21.2. The van der Waals surface area contributed by atoms with Gasteiger partial charge < -0.3 is 20.6 Å². The lowest BCUT2D eigenvalue weighted by molar-refractivity contribution is -0.126. The maximum absolute atomic E-state index is 13.1. The highest BCUT2D eigenvalue weighted by atomic mass is 35.5. The number of carbonyl (C=O) groups excluding carboxylic acids is 2. The van der Waals surface area contributed by atoms with E-state index in [4.69, 9.17) is 28.3 Å². The van der Waals surface area contributed by atoms with Crippen LogP contribution in [0.4, 0.5) is 0 Å². The van der Waals surface area contributed by atoms with Gasteiger partial charge in [-0.1, -0.05) is 47.5 Å². The first-order valence-corrected chi connectivity index (χ1v) is 16.2. The van der Waals surface area contributed by atoms with Crippen LogP contribution in [0.25, 0.3) is 0 Å². The van der Waals surface area contributed by atoms with Crippen molar-refractivity contribution in [2.24, 2.45) is 11.8 Å². The largest absolute Gasteiger partial charge is 0.478 e. The van der Waals surface area contributed by atoms with E-state index in [2.05, 4.69) is 34.9 Å². The molecule has 0 radical (unpaired) electrons. The van der Waals surface area contributed by atoms with Gasteiger partial charge in [0.05, 0.1) is 5.56 Å². The molecule has 4 unspecified atom stereocenters. The number of nitrogens with one attached hydrogen (secondary N) is 2. The number of carbonyl (C=O) groups is 3. The molecule has 3 N–H and O–H groups in total. The lowest BCUT2D eigenvalue weighted by Gasteiger charge is -2.47. The molecular formula is C35H37Cl2N3O4. The molecule has 0 bridgehead atoms. The molecule has 3 aromatic rings. The number of aromatic carboxylic acids is 1. The van der Waals surface area contributed by atoms with Gasteiger partial charge in [0.15, 0.2) is 0 Å². The van der Waals surface area contributed by atoms with Crippen LogP contribution in [0, 0.1) is 11.8 Å². The summed E-state index contributed by atoms with van der Waals surface area (Å²) in [5.74, 6) is -0.0904. The van der Waals surface area contributed by atoms with Gasteiger partial charge in [-0.15, -0.1) is 0 Å². The molecule has 3 fully saturated rings. The Balaban J connectivity index is 1.13. The summed E-state index contributed by atoms with van der Waals surface area (Å²) >= 11 is 12.5. The van der Waals surface area contributed by atoms with E-state index < -0.39 is 5.97 Å². The third-order valence-electron chi connectivity index (χ3n) is 9.75. The number of carboxylic acid groups (broad SMARTS) is 1. The number of fused-ring (bicyclic) bond motifs is 1. The Kier molecular flexibility index (Phi) is 9.26. The van der Waals surface area contributed by atoms with Gasteiger partial charge in [0.25, 0.3) is 5.91 Å². The fourth-order valence-electron chi connectivity index (χ4n) is 7.53. The molecule has 0 spiro atoms. The third-order valence-corrected chi connectivity index (χ3v) is 10.3. The summed E-state index contributed by atoms with van der Waals surface area (Å²) in [6.45, 7) is 1.23. The number of halogens is 2. The molecule has 2 heterocycles. The summed E-state index contributed by atoms with van der Waals surface area (Å²) in [4.78, 5) is 38.9. The number of piperidine rings is 2. The van der Waals surface area contributed by atoms with Gasteiger partial charge in [-0.2, -0.15) is 0 Å². The molecule has 1 saturated carbocycles. The van der Waals surface area contributed by atoms with Crippen LogP contribution < -0.4 is 10.6 Å². The molecule has 3 aromatic carbocycles. The molecule has 2 aliphatic heterocycles. The average molecular weight is 635 g/mol. The van der Waals surface area contributed by atoms with E-state index in [1.807, 2.05) is 29.2 Å². The van der Waals surface area contributed by atoms with Crippen molar-refractivity contribution in [2.45, 2.75) is 62.6 Å². The summed E-state index contributed by atoms with van der Waals surface area (Å²) in [5.41, 5.74) is 3.13. The second kappa shape index (κ2) is 13.3. The minimum atomic E-state index is -1.01. The Morgan fingerprint density at radius 2 is 1.39 bits per heavy atom. The fourth-order valence-corrected chi connectivity index (χ4v) is 7.78. The second-order valence-electron chi connectivity index (χ2n) is 12.4. The average Bonchev–Trinajstić information content (AvgIpc) is 3.03. The Bertz CT molecular complexity index is 1440. The van der Waals surface area contributed by atoms with Gasteiger partial charge in [-0.05, 0) is 104 Å². The van der Waals surface area contributed by atoms with Crippen molar-refractivity contribution >= 4 is 41.0 Å². The van der Waals surface area contributed by atoms with E-state index in [1.54, 1.807) is 12.1 Å². The van der Waals surface area contributed by atoms with E-state index >= 15 is 0 Å². The highest BCUT2D eigenvalue weighted by Gasteiger charge is 2.44. The molecule has 0 aromatic heterocycles. The van der Waals surface area contributed by atoms with Gasteiger partial charge in [0, 0.05) is 59.2 Å². The van der Waals surface area contributed by atoms with Crippen molar-refractivity contribution in [1.29, 1.82) is 0 Å². The molecule has 4 atom stereocenters. The van der Waals surface area contributed by atoms with E-state index in [0.29, 0.717) is 36.9 Å². The highest BCUT2D eigenvalue weighted by Crippen LogP contribution is 2.45. The topological polar surface area (TPSA) is 98.7 Å². The zero-order chi connectivity index (χ0) is 30.8. The van der Waals surface area contributed by atoms with Crippen molar-refractivity contribution in [3.8, 4) is 0 Å². The van der Waals surface area contributed by atoms with Crippen molar-refractivity contribution in [3.05, 3.63) is 105 Å². The normalized spacial score (nSPS) is 24.1. The number of likely N-dealkylation sites (tertiary alicyclic amines) is 1. The minimum absolute atomic E-state index is 0.0726. The summed E-state index contributed by atoms with van der Waals surface area (Å²) in [6, 6.07) is 22.9. The Hall–Kier alpha value is -3.39. The minimum Gasteiger partial charge on any atom is -0.478 e. The van der Waals surface area contributed by atoms with Crippen LogP contribution in [-0.4, -0.2) is 59.0 Å². The number of hydrogen-bond donors (Lipinski definition) is 3.